The van der Waals surface area contributed by atoms with E-state index in [0.29, 0.717) is 17.7 Å². The largest absolute Gasteiger partial charge is 0.352 e. The first kappa shape index (κ1) is 31.8. The van der Waals surface area contributed by atoms with Crippen LogP contribution in [0.25, 0.3) is 0 Å². The van der Waals surface area contributed by atoms with Crippen molar-refractivity contribution in [3.05, 3.63) is 101 Å². The van der Waals surface area contributed by atoms with Crippen LogP contribution >= 0.6 is 0 Å². The number of nitrogens with one attached hydrogen (secondary N) is 1. The third-order valence-corrected chi connectivity index (χ3v) is 8.29. The molecule has 1 N–H and O–H groups in total. The van der Waals surface area contributed by atoms with Crippen molar-refractivity contribution in [2.24, 2.45) is 0 Å². The molecule has 9 heteroatoms. The van der Waals surface area contributed by atoms with Crippen LogP contribution in [0.15, 0.2) is 78.9 Å². The third kappa shape index (κ3) is 9.14. The van der Waals surface area contributed by atoms with Gasteiger partial charge < -0.3 is 10.2 Å². The van der Waals surface area contributed by atoms with Crippen LogP contribution in [-0.4, -0.2) is 50.0 Å². The number of aryl methyl sites for hydroxylation is 1. The fourth-order valence-corrected chi connectivity index (χ4v) is 5.65. The molecule has 0 spiro atoms. The van der Waals surface area contributed by atoms with Crippen molar-refractivity contribution in [3.63, 3.8) is 0 Å². The molecular weight excluding hydrogens is 541 g/mol. The second kappa shape index (κ2) is 14.8. The first-order valence-electron chi connectivity index (χ1n) is 13.9. The maximum atomic E-state index is 14.8. The van der Waals surface area contributed by atoms with Gasteiger partial charge in [0.15, 0.2) is 0 Å². The second-order valence-corrected chi connectivity index (χ2v) is 12.3. The monoisotopic (exact) mass is 581 g/mol. The molecular formula is C32H40FN3O4S. The summed E-state index contributed by atoms with van der Waals surface area (Å²) in [7, 11) is -3.60. The predicted molar refractivity (Wildman–Crippen MR) is 161 cm³/mol. The van der Waals surface area contributed by atoms with Crippen LogP contribution in [0.1, 0.15) is 49.8 Å². The van der Waals surface area contributed by atoms with Crippen LogP contribution in [0, 0.1) is 12.7 Å². The van der Waals surface area contributed by atoms with E-state index in [9.17, 15) is 22.4 Å². The Bertz CT molecular complexity index is 1420. The summed E-state index contributed by atoms with van der Waals surface area (Å²) in [5.41, 5.74) is 2.52. The summed E-state index contributed by atoms with van der Waals surface area (Å²) < 4.78 is 41.4. The topological polar surface area (TPSA) is 86.8 Å². The Balaban J connectivity index is 1.91. The van der Waals surface area contributed by atoms with Crippen LogP contribution in [0.4, 0.5) is 10.1 Å². The molecule has 41 heavy (non-hydrogen) atoms. The van der Waals surface area contributed by atoms with Gasteiger partial charge in [0.25, 0.3) is 0 Å². The molecule has 0 aliphatic heterocycles. The van der Waals surface area contributed by atoms with Gasteiger partial charge in [0.05, 0.1) is 11.9 Å². The maximum absolute atomic E-state index is 14.8. The molecule has 0 fully saturated rings. The van der Waals surface area contributed by atoms with Gasteiger partial charge in [-0.1, -0.05) is 73.7 Å². The number of rotatable bonds is 14. The lowest BCUT2D eigenvalue weighted by molar-refractivity contribution is -0.141. The fraction of sp³-hybridized carbons (Fsp3) is 0.375. The van der Waals surface area contributed by atoms with Crippen molar-refractivity contribution in [1.82, 2.24) is 10.2 Å². The van der Waals surface area contributed by atoms with Gasteiger partial charge in [0, 0.05) is 37.5 Å². The Hall–Kier alpha value is -3.72. The molecule has 2 atom stereocenters. The molecule has 3 aromatic carbocycles. The molecule has 3 rings (SSSR count). The van der Waals surface area contributed by atoms with E-state index in [1.54, 1.807) is 30.3 Å². The van der Waals surface area contributed by atoms with Gasteiger partial charge in [-0.05, 0) is 49.9 Å². The number of benzene rings is 3. The highest BCUT2D eigenvalue weighted by molar-refractivity contribution is 7.92. The Labute approximate surface area is 243 Å². The molecule has 0 aliphatic rings. The van der Waals surface area contributed by atoms with Crippen LogP contribution in [0.2, 0.25) is 0 Å². The van der Waals surface area contributed by atoms with Crippen molar-refractivity contribution in [3.8, 4) is 0 Å². The van der Waals surface area contributed by atoms with Crippen molar-refractivity contribution < 1.29 is 22.4 Å². The summed E-state index contributed by atoms with van der Waals surface area (Å²) in [5, 5.41) is 2.99. The first-order chi connectivity index (χ1) is 19.5. The van der Waals surface area contributed by atoms with Gasteiger partial charge in [-0.15, -0.1) is 0 Å². The lowest BCUT2D eigenvalue weighted by Crippen LogP contribution is -2.52. The summed E-state index contributed by atoms with van der Waals surface area (Å²) in [6, 6.07) is 21.8. The standard InChI is InChI=1S/C32H40FN3O4S/c1-5-25(3)34-32(38)30(22-26-15-7-6-8-16-26)35(23-27-17-10-11-18-28(27)33)31(37)20-13-21-36(41(4,39)40)29-19-12-9-14-24(29)2/h6-12,14-19,25,30H,5,13,20-23H2,1-4H3,(H,34,38)/t25-,30+/m0/s1. The number of para-hydroxylation sites is 1. The van der Waals surface area contributed by atoms with Crippen molar-refractivity contribution in [2.75, 3.05) is 17.1 Å². The van der Waals surface area contributed by atoms with E-state index in [4.69, 9.17) is 0 Å². The average molecular weight is 582 g/mol. The van der Waals surface area contributed by atoms with Crippen molar-refractivity contribution in [1.29, 1.82) is 0 Å². The molecule has 0 saturated heterocycles. The minimum atomic E-state index is -3.60. The van der Waals surface area contributed by atoms with Crippen LogP contribution in [-0.2, 0) is 32.6 Å². The number of halogens is 1. The molecule has 0 radical (unpaired) electrons. The minimum absolute atomic E-state index is 0.0196. The molecule has 0 saturated carbocycles. The number of anilines is 1. The number of nitrogens with zero attached hydrogens (tertiary/aromatic N) is 2. The van der Waals surface area contributed by atoms with Gasteiger partial charge in [-0.3, -0.25) is 13.9 Å². The maximum Gasteiger partial charge on any atom is 0.243 e. The summed E-state index contributed by atoms with van der Waals surface area (Å²) in [6.07, 6.45) is 2.31. The fourth-order valence-electron chi connectivity index (χ4n) is 4.63. The Morgan fingerprint density at radius 1 is 0.951 bits per heavy atom. The molecule has 220 valence electrons. The SMILES string of the molecule is CC[C@H](C)NC(=O)[C@@H](Cc1ccccc1)N(Cc1ccccc1F)C(=O)CCCN(c1ccccc1C)S(C)(=O)=O. The highest BCUT2D eigenvalue weighted by atomic mass is 32.2. The highest BCUT2D eigenvalue weighted by Crippen LogP contribution is 2.23. The number of sulfonamides is 1. The predicted octanol–water partition coefficient (Wildman–Crippen LogP) is 5.24. The van der Waals surface area contributed by atoms with E-state index in [1.807, 2.05) is 63.2 Å². The van der Waals surface area contributed by atoms with E-state index >= 15 is 0 Å². The lowest BCUT2D eigenvalue weighted by Gasteiger charge is -2.33. The number of amides is 2. The quantitative estimate of drug-likeness (QED) is 0.282. The normalized spacial score (nSPS) is 12.8. The Kier molecular flexibility index (Phi) is 11.5. The molecule has 0 unspecified atom stereocenters. The van der Waals surface area contributed by atoms with E-state index in [1.165, 1.54) is 15.3 Å². The first-order valence-corrected chi connectivity index (χ1v) is 15.8. The zero-order chi connectivity index (χ0) is 30.0. The molecule has 0 bridgehead atoms. The molecule has 2 amide bonds. The Morgan fingerprint density at radius 2 is 1.59 bits per heavy atom. The van der Waals surface area contributed by atoms with Gasteiger partial charge in [-0.25, -0.2) is 12.8 Å². The minimum Gasteiger partial charge on any atom is -0.352 e. The van der Waals surface area contributed by atoms with E-state index in [2.05, 4.69) is 5.32 Å². The number of carbonyl (C=O) groups is 2. The zero-order valence-electron chi connectivity index (χ0n) is 24.2. The van der Waals surface area contributed by atoms with Gasteiger partial charge in [-0.2, -0.15) is 0 Å². The molecule has 0 aliphatic carbocycles. The number of hydrogen-bond acceptors (Lipinski definition) is 4. The molecule has 3 aromatic rings. The van der Waals surface area contributed by atoms with E-state index in [-0.39, 0.29) is 50.2 Å². The summed E-state index contributed by atoms with van der Waals surface area (Å²) in [5.74, 6) is -1.13. The van der Waals surface area contributed by atoms with Crippen molar-refractivity contribution >= 4 is 27.5 Å². The van der Waals surface area contributed by atoms with Crippen LogP contribution < -0.4 is 9.62 Å². The average Bonchev–Trinajstić information content (AvgIpc) is 2.94. The molecule has 0 heterocycles. The van der Waals surface area contributed by atoms with Gasteiger partial charge >= 0.3 is 0 Å². The summed E-state index contributed by atoms with van der Waals surface area (Å²) >= 11 is 0. The second-order valence-electron chi connectivity index (χ2n) is 10.4. The highest BCUT2D eigenvalue weighted by Gasteiger charge is 2.31. The van der Waals surface area contributed by atoms with Crippen molar-refractivity contribution in [2.45, 2.75) is 65.1 Å². The lowest BCUT2D eigenvalue weighted by atomic mass is 10.0. The zero-order valence-corrected chi connectivity index (χ0v) is 25.0. The number of carbonyl (C=O) groups excluding carboxylic acids is 2. The number of hydrogen-bond donors (Lipinski definition) is 1. The van der Waals surface area contributed by atoms with Crippen LogP contribution in [0.5, 0.6) is 0 Å². The van der Waals surface area contributed by atoms with Gasteiger partial charge in [0.2, 0.25) is 21.8 Å². The summed E-state index contributed by atoms with van der Waals surface area (Å²) in [4.78, 5) is 28.9. The van der Waals surface area contributed by atoms with E-state index in [0.717, 1.165) is 17.4 Å². The van der Waals surface area contributed by atoms with E-state index < -0.39 is 21.9 Å². The summed E-state index contributed by atoms with van der Waals surface area (Å²) in [6.45, 7) is 5.68. The van der Waals surface area contributed by atoms with Gasteiger partial charge in [0.1, 0.15) is 11.9 Å². The molecule has 0 aromatic heterocycles. The third-order valence-electron chi connectivity index (χ3n) is 7.11. The molecule has 7 nitrogen and oxygen atoms in total. The van der Waals surface area contributed by atoms with Crippen LogP contribution in [0.3, 0.4) is 0 Å². The smallest absolute Gasteiger partial charge is 0.243 e. The Morgan fingerprint density at radius 3 is 2.22 bits per heavy atom.